The van der Waals surface area contributed by atoms with E-state index < -0.39 is 5.60 Å². The van der Waals surface area contributed by atoms with Crippen LogP contribution in [0, 0.1) is 5.92 Å². The van der Waals surface area contributed by atoms with Crippen molar-refractivity contribution >= 4 is 6.09 Å². The summed E-state index contributed by atoms with van der Waals surface area (Å²) in [6.07, 6.45) is -0.261. The van der Waals surface area contributed by atoms with Gasteiger partial charge >= 0.3 is 6.09 Å². The van der Waals surface area contributed by atoms with Crippen LogP contribution >= 0.6 is 0 Å². The first kappa shape index (κ1) is 13.3. The lowest BCUT2D eigenvalue weighted by Crippen LogP contribution is -2.36. The smallest absolute Gasteiger partial charge is 0.410 e. The molecule has 0 aromatic heterocycles. The fraction of sp³-hybridized carbons (Fsp3) is 0.909. The van der Waals surface area contributed by atoms with Gasteiger partial charge in [0.15, 0.2) is 0 Å². The van der Waals surface area contributed by atoms with Crippen molar-refractivity contribution in [2.45, 2.75) is 32.5 Å². The first-order valence-corrected chi connectivity index (χ1v) is 5.58. The molecule has 0 aliphatic carbocycles. The van der Waals surface area contributed by atoms with E-state index >= 15 is 0 Å². The van der Waals surface area contributed by atoms with E-state index in [1.165, 1.54) is 0 Å². The van der Waals surface area contributed by atoms with E-state index in [-0.39, 0.29) is 18.1 Å². The van der Waals surface area contributed by atoms with E-state index in [2.05, 4.69) is 0 Å². The topological polar surface area (TPSA) is 64.8 Å². The Morgan fingerprint density at radius 1 is 1.44 bits per heavy atom. The van der Waals surface area contributed by atoms with Crippen LogP contribution in [0.4, 0.5) is 4.79 Å². The quantitative estimate of drug-likeness (QED) is 0.763. The Hall–Kier alpha value is -0.810. The second kappa shape index (κ2) is 5.01. The van der Waals surface area contributed by atoms with Gasteiger partial charge in [0.1, 0.15) is 5.60 Å². The maximum atomic E-state index is 11.8. The zero-order chi connectivity index (χ0) is 12.3. The zero-order valence-corrected chi connectivity index (χ0v) is 10.5. The monoisotopic (exact) mass is 230 g/mol. The number of carbonyl (C=O) groups is 1. The summed E-state index contributed by atoms with van der Waals surface area (Å²) < 4.78 is 10.6. The number of ether oxygens (including phenoxy) is 2. The van der Waals surface area contributed by atoms with Crippen LogP contribution in [0.1, 0.15) is 20.8 Å². The summed E-state index contributed by atoms with van der Waals surface area (Å²) in [5, 5.41) is 0. The van der Waals surface area contributed by atoms with Gasteiger partial charge in [-0.3, -0.25) is 0 Å². The summed E-state index contributed by atoms with van der Waals surface area (Å²) in [4.78, 5) is 13.5. The predicted octanol–water partition coefficient (Wildman–Crippen LogP) is 0.827. The van der Waals surface area contributed by atoms with Gasteiger partial charge in [0.2, 0.25) is 0 Å². The van der Waals surface area contributed by atoms with E-state index in [0.29, 0.717) is 19.6 Å². The Kier molecular flexibility index (Phi) is 4.15. The van der Waals surface area contributed by atoms with E-state index in [9.17, 15) is 4.79 Å². The van der Waals surface area contributed by atoms with Crippen LogP contribution in [0.5, 0.6) is 0 Å². The Morgan fingerprint density at radius 3 is 2.44 bits per heavy atom. The van der Waals surface area contributed by atoms with Crippen LogP contribution in [0.15, 0.2) is 0 Å². The van der Waals surface area contributed by atoms with Crippen molar-refractivity contribution in [1.29, 1.82) is 0 Å². The second-order valence-electron chi connectivity index (χ2n) is 5.16. The van der Waals surface area contributed by atoms with Crippen molar-refractivity contribution in [2.24, 2.45) is 11.7 Å². The molecular weight excluding hydrogens is 208 g/mol. The van der Waals surface area contributed by atoms with Gasteiger partial charge in [0.05, 0.1) is 12.6 Å². The van der Waals surface area contributed by atoms with Crippen molar-refractivity contribution < 1.29 is 14.3 Å². The standard InChI is InChI=1S/C11H22N2O3/c1-11(2,3)16-10(14)13-6-8(5-12)9(7-13)15-4/h8-9H,5-7,12H2,1-4H3/t8?,9-/m0/s1. The number of carbonyl (C=O) groups excluding carboxylic acids is 1. The van der Waals surface area contributed by atoms with Crippen LogP contribution in [0.2, 0.25) is 0 Å². The van der Waals surface area contributed by atoms with Gasteiger partial charge < -0.3 is 20.1 Å². The highest BCUT2D eigenvalue weighted by atomic mass is 16.6. The molecule has 2 N–H and O–H groups in total. The maximum absolute atomic E-state index is 11.8. The number of nitrogens with zero attached hydrogens (tertiary/aromatic N) is 1. The molecule has 1 fully saturated rings. The molecule has 0 aromatic carbocycles. The molecule has 0 saturated carbocycles. The normalized spacial score (nSPS) is 25.9. The third-order valence-corrected chi connectivity index (χ3v) is 2.64. The number of nitrogens with two attached hydrogens (primary N) is 1. The van der Waals surface area contributed by atoms with Gasteiger partial charge in [0.25, 0.3) is 0 Å². The molecule has 0 spiro atoms. The molecule has 1 amide bonds. The number of likely N-dealkylation sites (tertiary alicyclic amines) is 1. The molecule has 1 saturated heterocycles. The summed E-state index contributed by atoms with van der Waals surface area (Å²) in [7, 11) is 1.64. The highest BCUT2D eigenvalue weighted by Crippen LogP contribution is 2.21. The fourth-order valence-electron chi connectivity index (χ4n) is 1.81. The lowest BCUT2D eigenvalue weighted by Gasteiger charge is -2.24. The molecule has 5 nitrogen and oxygen atoms in total. The van der Waals surface area contributed by atoms with E-state index in [1.807, 2.05) is 20.8 Å². The SMILES string of the molecule is CO[C@H]1CN(C(=O)OC(C)(C)C)CC1CN. The largest absolute Gasteiger partial charge is 0.444 e. The molecule has 94 valence electrons. The summed E-state index contributed by atoms with van der Waals surface area (Å²) in [6.45, 7) is 7.27. The highest BCUT2D eigenvalue weighted by Gasteiger charge is 2.36. The van der Waals surface area contributed by atoms with Crippen molar-refractivity contribution in [3.8, 4) is 0 Å². The van der Waals surface area contributed by atoms with E-state index in [4.69, 9.17) is 15.2 Å². The van der Waals surface area contributed by atoms with Gasteiger partial charge in [-0.05, 0) is 27.3 Å². The van der Waals surface area contributed by atoms with E-state index in [1.54, 1.807) is 12.0 Å². The lowest BCUT2D eigenvalue weighted by molar-refractivity contribution is 0.0251. The summed E-state index contributed by atoms with van der Waals surface area (Å²) in [5.74, 6) is 0.206. The number of hydrogen-bond donors (Lipinski definition) is 1. The average molecular weight is 230 g/mol. The van der Waals surface area contributed by atoms with Gasteiger partial charge in [0, 0.05) is 19.6 Å². The highest BCUT2D eigenvalue weighted by molar-refractivity contribution is 5.68. The molecule has 16 heavy (non-hydrogen) atoms. The molecule has 0 aromatic rings. The summed E-state index contributed by atoms with van der Waals surface area (Å²) in [5.41, 5.74) is 5.17. The van der Waals surface area contributed by atoms with Gasteiger partial charge in [-0.1, -0.05) is 0 Å². The lowest BCUT2D eigenvalue weighted by atomic mass is 10.1. The van der Waals surface area contributed by atoms with Crippen LogP contribution in [-0.4, -0.2) is 49.4 Å². The van der Waals surface area contributed by atoms with Crippen molar-refractivity contribution in [3.05, 3.63) is 0 Å². The van der Waals surface area contributed by atoms with Gasteiger partial charge in [-0.15, -0.1) is 0 Å². The van der Waals surface area contributed by atoms with Crippen LogP contribution in [0.25, 0.3) is 0 Å². The maximum Gasteiger partial charge on any atom is 0.410 e. The second-order valence-corrected chi connectivity index (χ2v) is 5.16. The minimum Gasteiger partial charge on any atom is -0.444 e. The third-order valence-electron chi connectivity index (χ3n) is 2.64. The Labute approximate surface area is 96.9 Å². The number of hydrogen-bond acceptors (Lipinski definition) is 4. The molecule has 1 unspecified atom stereocenters. The van der Waals surface area contributed by atoms with Gasteiger partial charge in [-0.25, -0.2) is 4.79 Å². The van der Waals surface area contributed by atoms with Crippen molar-refractivity contribution in [2.75, 3.05) is 26.7 Å². The minimum atomic E-state index is -0.458. The van der Waals surface area contributed by atoms with E-state index in [0.717, 1.165) is 0 Å². The Balaban J connectivity index is 2.54. The number of amides is 1. The molecular formula is C11H22N2O3. The number of methoxy groups -OCH3 is 1. The van der Waals surface area contributed by atoms with Crippen molar-refractivity contribution in [3.63, 3.8) is 0 Å². The fourth-order valence-corrected chi connectivity index (χ4v) is 1.81. The molecule has 0 radical (unpaired) electrons. The predicted molar refractivity (Wildman–Crippen MR) is 61.1 cm³/mol. The molecule has 5 heteroatoms. The summed E-state index contributed by atoms with van der Waals surface area (Å²) in [6, 6.07) is 0. The van der Waals surface area contributed by atoms with Crippen LogP contribution in [0.3, 0.4) is 0 Å². The molecule has 1 aliphatic rings. The molecule has 1 heterocycles. The zero-order valence-electron chi connectivity index (χ0n) is 10.5. The first-order valence-electron chi connectivity index (χ1n) is 5.58. The van der Waals surface area contributed by atoms with Crippen LogP contribution in [-0.2, 0) is 9.47 Å². The molecule has 2 atom stereocenters. The number of rotatable bonds is 2. The Morgan fingerprint density at radius 2 is 2.06 bits per heavy atom. The first-order chi connectivity index (χ1) is 7.37. The third kappa shape index (κ3) is 3.35. The van der Waals surface area contributed by atoms with Crippen LogP contribution < -0.4 is 5.73 Å². The van der Waals surface area contributed by atoms with Crippen molar-refractivity contribution in [1.82, 2.24) is 4.90 Å². The summed E-state index contributed by atoms with van der Waals surface area (Å²) >= 11 is 0. The Bertz CT molecular complexity index is 238. The molecule has 0 bridgehead atoms. The molecule has 1 aliphatic heterocycles. The minimum absolute atomic E-state index is 0.0255. The van der Waals surface area contributed by atoms with Gasteiger partial charge in [-0.2, -0.15) is 0 Å². The molecule has 1 rings (SSSR count). The average Bonchev–Trinajstić information content (AvgIpc) is 2.57.